The van der Waals surface area contributed by atoms with E-state index in [-0.39, 0.29) is 0 Å². The molecule has 0 saturated heterocycles. The largest absolute Gasteiger partial charge is 0.457 e. The first-order chi connectivity index (χ1) is 9.78. The SMILES string of the molecule is CCc1ccc(Oc2ccc(N)c3cnccc23)cc1. The zero-order valence-electron chi connectivity index (χ0n) is 11.3. The third-order valence-corrected chi connectivity index (χ3v) is 3.37. The van der Waals surface area contributed by atoms with Gasteiger partial charge in [0.1, 0.15) is 11.5 Å². The molecule has 3 nitrogen and oxygen atoms in total. The summed E-state index contributed by atoms with van der Waals surface area (Å²) in [6.45, 7) is 2.14. The lowest BCUT2D eigenvalue weighted by atomic mass is 10.1. The van der Waals surface area contributed by atoms with E-state index in [0.29, 0.717) is 5.69 Å². The van der Waals surface area contributed by atoms with Crippen LogP contribution in [0.1, 0.15) is 12.5 Å². The molecule has 0 atom stereocenters. The topological polar surface area (TPSA) is 48.1 Å². The van der Waals surface area contributed by atoms with Crippen LogP contribution in [0, 0.1) is 0 Å². The van der Waals surface area contributed by atoms with Crippen molar-refractivity contribution in [2.75, 3.05) is 5.73 Å². The molecule has 0 aliphatic heterocycles. The zero-order valence-corrected chi connectivity index (χ0v) is 11.3. The lowest BCUT2D eigenvalue weighted by Crippen LogP contribution is -1.91. The summed E-state index contributed by atoms with van der Waals surface area (Å²) in [7, 11) is 0. The third-order valence-electron chi connectivity index (χ3n) is 3.37. The van der Waals surface area contributed by atoms with Crippen molar-refractivity contribution in [3.63, 3.8) is 0 Å². The molecule has 1 aromatic heterocycles. The molecule has 20 heavy (non-hydrogen) atoms. The van der Waals surface area contributed by atoms with E-state index in [1.165, 1.54) is 5.56 Å². The lowest BCUT2D eigenvalue weighted by Gasteiger charge is -2.10. The van der Waals surface area contributed by atoms with Gasteiger partial charge in [-0.3, -0.25) is 4.98 Å². The molecule has 0 saturated carbocycles. The molecule has 0 amide bonds. The average molecular weight is 264 g/mol. The summed E-state index contributed by atoms with van der Waals surface area (Å²) >= 11 is 0. The molecule has 0 aliphatic rings. The standard InChI is InChI=1S/C17H16N2O/c1-2-12-3-5-13(6-4-12)20-17-8-7-16(18)15-11-19-10-9-14(15)17/h3-11H,2,18H2,1H3. The first-order valence-electron chi connectivity index (χ1n) is 6.67. The van der Waals surface area contributed by atoms with Gasteiger partial charge in [0.2, 0.25) is 0 Å². The molecule has 3 rings (SSSR count). The van der Waals surface area contributed by atoms with Crippen molar-refractivity contribution in [3.05, 3.63) is 60.4 Å². The van der Waals surface area contributed by atoms with Crippen LogP contribution in [0.5, 0.6) is 11.5 Å². The number of rotatable bonds is 3. The molecule has 0 aliphatic carbocycles. The minimum absolute atomic E-state index is 0.710. The van der Waals surface area contributed by atoms with Gasteiger partial charge >= 0.3 is 0 Å². The van der Waals surface area contributed by atoms with E-state index in [1.807, 2.05) is 30.3 Å². The summed E-state index contributed by atoms with van der Waals surface area (Å²) in [5.41, 5.74) is 7.97. The Labute approximate surface area is 118 Å². The Morgan fingerprint density at radius 3 is 2.55 bits per heavy atom. The predicted molar refractivity (Wildman–Crippen MR) is 82.0 cm³/mol. The van der Waals surface area contributed by atoms with Crippen molar-refractivity contribution in [2.24, 2.45) is 0 Å². The number of benzene rings is 2. The van der Waals surface area contributed by atoms with E-state index in [4.69, 9.17) is 10.5 Å². The minimum Gasteiger partial charge on any atom is -0.457 e. The first-order valence-corrected chi connectivity index (χ1v) is 6.67. The maximum atomic E-state index is 5.96. The summed E-state index contributed by atoms with van der Waals surface area (Å²) in [6, 6.07) is 13.8. The molecule has 0 fully saturated rings. The summed E-state index contributed by atoms with van der Waals surface area (Å²) in [5, 5.41) is 1.88. The summed E-state index contributed by atoms with van der Waals surface area (Å²) in [5.74, 6) is 1.62. The van der Waals surface area contributed by atoms with E-state index >= 15 is 0 Å². The number of hydrogen-bond donors (Lipinski definition) is 1. The van der Waals surface area contributed by atoms with Gasteiger partial charge < -0.3 is 10.5 Å². The van der Waals surface area contributed by atoms with Crippen molar-refractivity contribution in [1.82, 2.24) is 4.98 Å². The highest BCUT2D eigenvalue weighted by Gasteiger charge is 2.06. The Hall–Kier alpha value is -2.55. The highest BCUT2D eigenvalue weighted by atomic mass is 16.5. The highest BCUT2D eigenvalue weighted by molar-refractivity contribution is 5.96. The second kappa shape index (κ2) is 5.21. The smallest absolute Gasteiger partial charge is 0.135 e. The fourth-order valence-corrected chi connectivity index (χ4v) is 2.19. The fraction of sp³-hybridized carbons (Fsp3) is 0.118. The van der Waals surface area contributed by atoms with Crippen LogP contribution < -0.4 is 10.5 Å². The van der Waals surface area contributed by atoms with Gasteiger partial charge in [0, 0.05) is 28.9 Å². The van der Waals surface area contributed by atoms with Gasteiger partial charge in [0.15, 0.2) is 0 Å². The number of pyridine rings is 1. The Morgan fingerprint density at radius 2 is 1.80 bits per heavy atom. The van der Waals surface area contributed by atoms with Crippen molar-refractivity contribution in [1.29, 1.82) is 0 Å². The van der Waals surface area contributed by atoms with Crippen LogP contribution in [-0.4, -0.2) is 4.98 Å². The molecule has 2 aromatic carbocycles. The van der Waals surface area contributed by atoms with E-state index in [1.54, 1.807) is 12.4 Å². The molecule has 3 heteroatoms. The van der Waals surface area contributed by atoms with Crippen molar-refractivity contribution < 1.29 is 4.74 Å². The molecule has 100 valence electrons. The van der Waals surface area contributed by atoms with Gasteiger partial charge in [-0.15, -0.1) is 0 Å². The molecule has 0 bridgehead atoms. The predicted octanol–water partition coefficient (Wildman–Crippen LogP) is 4.17. The van der Waals surface area contributed by atoms with E-state index in [0.717, 1.165) is 28.7 Å². The molecule has 3 aromatic rings. The van der Waals surface area contributed by atoms with Crippen LogP contribution >= 0.6 is 0 Å². The van der Waals surface area contributed by atoms with E-state index in [9.17, 15) is 0 Å². The van der Waals surface area contributed by atoms with Crippen LogP contribution in [0.25, 0.3) is 10.8 Å². The van der Waals surface area contributed by atoms with Gasteiger partial charge in [0.05, 0.1) is 0 Å². The fourth-order valence-electron chi connectivity index (χ4n) is 2.19. The quantitative estimate of drug-likeness (QED) is 0.722. The van der Waals surface area contributed by atoms with Gasteiger partial charge in [-0.2, -0.15) is 0 Å². The summed E-state index contributed by atoms with van der Waals surface area (Å²) < 4.78 is 5.96. The Balaban J connectivity index is 2.00. The van der Waals surface area contributed by atoms with E-state index in [2.05, 4.69) is 24.0 Å². The maximum Gasteiger partial charge on any atom is 0.135 e. The number of aryl methyl sites for hydroxylation is 1. The Bertz CT molecular complexity index is 736. The second-order valence-electron chi connectivity index (χ2n) is 4.67. The number of hydrogen-bond acceptors (Lipinski definition) is 3. The van der Waals surface area contributed by atoms with Gasteiger partial charge in [-0.1, -0.05) is 19.1 Å². The number of anilines is 1. The molecule has 0 radical (unpaired) electrons. The van der Waals surface area contributed by atoms with Gasteiger partial charge in [-0.05, 0) is 42.3 Å². The molecule has 0 unspecified atom stereocenters. The van der Waals surface area contributed by atoms with Gasteiger partial charge in [0.25, 0.3) is 0 Å². The lowest BCUT2D eigenvalue weighted by molar-refractivity contribution is 0.488. The number of ether oxygens (including phenoxy) is 1. The van der Waals surface area contributed by atoms with Gasteiger partial charge in [-0.25, -0.2) is 0 Å². The van der Waals surface area contributed by atoms with Crippen molar-refractivity contribution >= 4 is 16.5 Å². The van der Waals surface area contributed by atoms with E-state index < -0.39 is 0 Å². The number of aromatic nitrogens is 1. The Kier molecular flexibility index (Phi) is 3.25. The second-order valence-corrected chi connectivity index (χ2v) is 4.67. The molecular formula is C17H16N2O. The third kappa shape index (κ3) is 2.30. The molecular weight excluding hydrogens is 248 g/mol. The van der Waals surface area contributed by atoms with Crippen LogP contribution in [0.4, 0.5) is 5.69 Å². The highest BCUT2D eigenvalue weighted by Crippen LogP contribution is 2.32. The summed E-state index contributed by atoms with van der Waals surface area (Å²) in [4.78, 5) is 4.11. The van der Waals surface area contributed by atoms with Crippen LogP contribution in [0.15, 0.2) is 54.9 Å². The number of nitrogens with zero attached hydrogens (tertiary/aromatic N) is 1. The number of fused-ring (bicyclic) bond motifs is 1. The van der Waals surface area contributed by atoms with Crippen LogP contribution in [0.2, 0.25) is 0 Å². The number of nitrogen functional groups attached to an aromatic ring is 1. The van der Waals surface area contributed by atoms with Crippen molar-refractivity contribution in [3.8, 4) is 11.5 Å². The zero-order chi connectivity index (χ0) is 13.9. The molecule has 0 spiro atoms. The maximum absolute atomic E-state index is 5.96. The normalized spacial score (nSPS) is 10.7. The first kappa shape index (κ1) is 12.5. The number of nitrogens with two attached hydrogens (primary N) is 1. The van der Waals surface area contributed by atoms with Crippen LogP contribution in [0.3, 0.4) is 0 Å². The monoisotopic (exact) mass is 264 g/mol. The minimum atomic E-state index is 0.710. The molecule has 1 heterocycles. The molecule has 2 N–H and O–H groups in total. The summed E-state index contributed by atoms with van der Waals surface area (Å²) in [6.07, 6.45) is 4.53. The average Bonchev–Trinajstić information content (AvgIpc) is 2.51. The van der Waals surface area contributed by atoms with Crippen molar-refractivity contribution in [2.45, 2.75) is 13.3 Å². The van der Waals surface area contributed by atoms with Crippen LogP contribution in [-0.2, 0) is 6.42 Å². The Morgan fingerprint density at radius 1 is 1.00 bits per heavy atom.